The van der Waals surface area contributed by atoms with Gasteiger partial charge in [-0.25, -0.2) is 0 Å². The number of nitrogens with one attached hydrogen (secondary N) is 1. The van der Waals surface area contributed by atoms with E-state index in [1.54, 1.807) is 4.90 Å². The van der Waals surface area contributed by atoms with Crippen LogP contribution in [0.4, 0.5) is 0 Å². The molecule has 0 saturated carbocycles. The molecular weight excluding hydrogens is 370 g/mol. The maximum absolute atomic E-state index is 6.52. The van der Waals surface area contributed by atoms with Crippen molar-refractivity contribution in [3.63, 3.8) is 0 Å². The summed E-state index contributed by atoms with van der Waals surface area (Å²) in [5, 5.41) is 0. The monoisotopic (exact) mass is 399 g/mol. The molecule has 1 unspecified atom stereocenters. The van der Waals surface area contributed by atoms with Crippen molar-refractivity contribution in [3.8, 4) is 5.75 Å². The van der Waals surface area contributed by atoms with E-state index >= 15 is 0 Å². The van der Waals surface area contributed by atoms with E-state index in [-0.39, 0.29) is 18.5 Å². The number of quaternary nitrogens is 1. The summed E-state index contributed by atoms with van der Waals surface area (Å²) in [5.41, 5.74) is 3.75. The smallest absolute Gasteiger partial charge is 0.138 e. The zero-order valence-electron chi connectivity index (χ0n) is 16.6. The van der Waals surface area contributed by atoms with Crippen LogP contribution < -0.4 is 22.0 Å². The predicted molar refractivity (Wildman–Crippen MR) is 109 cm³/mol. The summed E-state index contributed by atoms with van der Waals surface area (Å²) in [7, 11) is 0. The highest BCUT2D eigenvalue weighted by Gasteiger charge is 2.33. The summed E-state index contributed by atoms with van der Waals surface area (Å²) < 4.78 is 12.7. The Hall–Kier alpha value is -1.97. The SMILES string of the molecule is CCOC1=C(C[NH+]2CCCCC2)C(Cc2ccccc2)Oc2ccccc21.[Cl-]. The average Bonchev–Trinajstić information content (AvgIpc) is 2.72. The number of fused-ring (bicyclic) bond motifs is 1. The molecule has 0 aromatic heterocycles. The van der Waals surface area contributed by atoms with E-state index in [4.69, 9.17) is 9.47 Å². The second kappa shape index (κ2) is 9.99. The lowest BCUT2D eigenvalue weighted by atomic mass is 9.93. The first-order chi connectivity index (χ1) is 13.3. The highest BCUT2D eigenvalue weighted by atomic mass is 35.5. The van der Waals surface area contributed by atoms with Crippen LogP contribution in [0.15, 0.2) is 60.2 Å². The van der Waals surface area contributed by atoms with Crippen molar-refractivity contribution in [2.45, 2.75) is 38.7 Å². The molecule has 3 nitrogen and oxygen atoms in total. The molecule has 0 bridgehead atoms. The maximum Gasteiger partial charge on any atom is 0.138 e. The van der Waals surface area contributed by atoms with Gasteiger partial charge in [-0.15, -0.1) is 0 Å². The molecule has 1 saturated heterocycles. The molecule has 2 heterocycles. The van der Waals surface area contributed by atoms with Gasteiger partial charge in [0.2, 0.25) is 0 Å². The number of likely N-dealkylation sites (tertiary alicyclic amines) is 1. The topological polar surface area (TPSA) is 22.9 Å². The fourth-order valence-corrected chi connectivity index (χ4v) is 4.30. The molecule has 1 atom stereocenters. The van der Waals surface area contributed by atoms with Crippen molar-refractivity contribution in [1.82, 2.24) is 0 Å². The number of benzene rings is 2. The van der Waals surface area contributed by atoms with Gasteiger partial charge in [0.25, 0.3) is 0 Å². The zero-order chi connectivity index (χ0) is 18.5. The molecule has 2 aliphatic rings. The van der Waals surface area contributed by atoms with E-state index in [0.29, 0.717) is 6.61 Å². The second-order valence-corrected chi connectivity index (χ2v) is 7.57. The fraction of sp³-hybridized carbons (Fsp3) is 0.417. The molecule has 1 fully saturated rings. The maximum atomic E-state index is 6.52. The molecule has 4 rings (SSSR count). The average molecular weight is 400 g/mol. The van der Waals surface area contributed by atoms with Crippen molar-refractivity contribution in [3.05, 3.63) is 71.3 Å². The third kappa shape index (κ3) is 4.71. The number of hydrogen-bond donors (Lipinski definition) is 1. The second-order valence-electron chi connectivity index (χ2n) is 7.57. The van der Waals surface area contributed by atoms with Crippen LogP contribution >= 0.6 is 0 Å². The molecule has 4 heteroatoms. The summed E-state index contributed by atoms with van der Waals surface area (Å²) in [6.07, 6.45) is 4.95. The van der Waals surface area contributed by atoms with E-state index in [1.807, 2.05) is 6.07 Å². The summed E-state index contributed by atoms with van der Waals surface area (Å²) >= 11 is 0. The van der Waals surface area contributed by atoms with Crippen LogP contribution in [-0.4, -0.2) is 32.3 Å². The van der Waals surface area contributed by atoms with E-state index in [1.165, 1.54) is 43.5 Å². The lowest BCUT2D eigenvalue weighted by molar-refractivity contribution is -0.900. The third-order valence-corrected chi connectivity index (χ3v) is 5.63. The van der Waals surface area contributed by atoms with Crippen LogP contribution in [0.3, 0.4) is 0 Å². The molecule has 2 aliphatic heterocycles. The Morgan fingerprint density at radius 3 is 2.43 bits per heavy atom. The first kappa shape index (κ1) is 20.8. The molecule has 0 amide bonds. The minimum atomic E-state index is 0. The lowest BCUT2D eigenvalue weighted by Gasteiger charge is -2.33. The van der Waals surface area contributed by atoms with E-state index in [2.05, 4.69) is 55.5 Å². The van der Waals surface area contributed by atoms with Gasteiger partial charge in [-0.05, 0) is 43.9 Å². The van der Waals surface area contributed by atoms with Crippen LogP contribution in [0.5, 0.6) is 5.75 Å². The highest BCUT2D eigenvalue weighted by Crippen LogP contribution is 2.37. The Kier molecular flexibility index (Phi) is 7.41. The van der Waals surface area contributed by atoms with Gasteiger partial charge in [0.05, 0.1) is 30.8 Å². The first-order valence-electron chi connectivity index (χ1n) is 10.3. The Morgan fingerprint density at radius 2 is 1.68 bits per heavy atom. The molecule has 1 N–H and O–H groups in total. The Balaban J connectivity index is 0.00000225. The quantitative estimate of drug-likeness (QED) is 0.765. The number of piperidine rings is 1. The number of para-hydroxylation sites is 1. The molecule has 2 aromatic carbocycles. The van der Waals surface area contributed by atoms with Crippen molar-refractivity contribution in [2.24, 2.45) is 0 Å². The highest BCUT2D eigenvalue weighted by molar-refractivity contribution is 5.71. The fourth-order valence-electron chi connectivity index (χ4n) is 4.30. The van der Waals surface area contributed by atoms with Crippen LogP contribution in [0.1, 0.15) is 37.3 Å². The Bertz CT molecular complexity index is 784. The molecule has 2 aromatic rings. The van der Waals surface area contributed by atoms with Crippen molar-refractivity contribution >= 4 is 5.76 Å². The van der Waals surface area contributed by atoms with Crippen LogP contribution in [0.2, 0.25) is 0 Å². The largest absolute Gasteiger partial charge is 1.00 e. The summed E-state index contributed by atoms with van der Waals surface area (Å²) in [4.78, 5) is 1.66. The molecule has 28 heavy (non-hydrogen) atoms. The summed E-state index contributed by atoms with van der Waals surface area (Å²) in [5.74, 6) is 2.00. The van der Waals surface area contributed by atoms with Crippen molar-refractivity contribution in [2.75, 3.05) is 26.2 Å². The lowest BCUT2D eigenvalue weighted by Crippen LogP contribution is -3.13. The molecule has 0 radical (unpaired) electrons. The van der Waals surface area contributed by atoms with E-state index in [9.17, 15) is 0 Å². The summed E-state index contributed by atoms with van der Waals surface area (Å²) in [6, 6.07) is 19.0. The van der Waals surface area contributed by atoms with Gasteiger partial charge in [0, 0.05) is 6.42 Å². The minimum absolute atomic E-state index is 0. The van der Waals surface area contributed by atoms with E-state index in [0.717, 1.165) is 30.0 Å². The van der Waals surface area contributed by atoms with Gasteiger partial charge in [0.1, 0.15) is 24.2 Å². The number of rotatable bonds is 6. The van der Waals surface area contributed by atoms with Crippen LogP contribution in [0.25, 0.3) is 5.76 Å². The van der Waals surface area contributed by atoms with Crippen molar-refractivity contribution < 1.29 is 26.8 Å². The zero-order valence-corrected chi connectivity index (χ0v) is 17.4. The summed E-state index contributed by atoms with van der Waals surface area (Å²) in [6.45, 7) is 6.27. The number of hydrogen-bond acceptors (Lipinski definition) is 2. The van der Waals surface area contributed by atoms with Gasteiger partial charge >= 0.3 is 0 Å². The standard InChI is InChI=1S/C24H29NO2.ClH/c1-2-26-24-20-13-7-8-14-22(20)27-23(17-19-11-5-3-6-12-19)21(24)18-25-15-9-4-10-16-25;/h3,5-8,11-14,23H,2,4,9-10,15-18H2,1H3;1H. The van der Waals surface area contributed by atoms with Gasteiger partial charge in [0.15, 0.2) is 0 Å². The predicted octanol–water partition coefficient (Wildman–Crippen LogP) is 0.511. The van der Waals surface area contributed by atoms with Crippen LogP contribution in [0, 0.1) is 0 Å². The molecular formula is C24H30ClNO2. The van der Waals surface area contributed by atoms with Gasteiger partial charge < -0.3 is 26.8 Å². The van der Waals surface area contributed by atoms with Crippen LogP contribution in [-0.2, 0) is 11.2 Å². The number of halogens is 1. The first-order valence-corrected chi connectivity index (χ1v) is 10.3. The van der Waals surface area contributed by atoms with Gasteiger partial charge in [-0.3, -0.25) is 0 Å². The molecule has 150 valence electrons. The molecule has 0 aliphatic carbocycles. The normalized spacial score (nSPS) is 19.4. The van der Waals surface area contributed by atoms with Crippen molar-refractivity contribution in [1.29, 1.82) is 0 Å². The van der Waals surface area contributed by atoms with Gasteiger partial charge in [-0.2, -0.15) is 0 Å². The Labute approximate surface area is 174 Å². The van der Waals surface area contributed by atoms with E-state index < -0.39 is 0 Å². The van der Waals surface area contributed by atoms with Gasteiger partial charge in [-0.1, -0.05) is 42.5 Å². The third-order valence-electron chi connectivity index (χ3n) is 5.63. The Morgan fingerprint density at radius 1 is 0.964 bits per heavy atom. The number of ether oxygens (including phenoxy) is 2. The molecule has 0 spiro atoms. The minimum Gasteiger partial charge on any atom is -1.00 e.